The van der Waals surface area contributed by atoms with Crippen LogP contribution >= 0.6 is 0 Å². The third-order valence-corrected chi connectivity index (χ3v) is 6.69. The Hall–Kier alpha value is -1.96. The summed E-state index contributed by atoms with van der Waals surface area (Å²) in [6.45, 7) is 1.37. The van der Waals surface area contributed by atoms with Gasteiger partial charge in [0.15, 0.2) is 9.84 Å². The molecule has 1 aliphatic heterocycles. The summed E-state index contributed by atoms with van der Waals surface area (Å²) in [6, 6.07) is 7.34. The Morgan fingerprint density at radius 2 is 2.07 bits per heavy atom. The first-order valence-electron chi connectivity index (χ1n) is 8.41. The molecule has 8 nitrogen and oxygen atoms in total. The van der Waals surface area contributed by atoms with Crippen LogP contribution in [0.1, 0.15) is 37.3 Å². The van der Waals surface area contributed by atoms with Gasteiger partial charge in [0, 0.05) is 31.1 Å². The average Bonchev–Trinajstić information content (AvgIpc) is 3.09. The van der Waals surface area contributed by atoms with Crippen molar-refractivity contribution in [2.75, 3.05) is 12.9 Å². The first-order chi connectivity index (χ1) is 12.7. The normalized spacial score (nSPS) is 20.0. The predicted molar refractivity (Wildman–Crippen MR) is 99.8 cm³/mol. The fraction of sp³-hybridized carbons (Fsp3) is 0.500. The maximum Gasteiger partial charge on any atom is 0.156 e. The highest BCUT2D eigenvalue weighted by atomic mass is 32.2. The van der Waals surface area contributed by atoms with E-state index < -0.39 is 26.9 Å². The van der Waals surface area contributed by atoms with E-state index in [2.05, 4.69) is 17.0 Å². The molecular formula is C18H24N2O6S. The quantitative estimate of drug-likeness (QED) is 0.298. The highest BCUT2D eigenvalue weighted by Crippen LogP contribution is 2.31. The van der Waals surface area contributed by atoms with E-state index in [-0.39, 0.29) is 13.0 Å². The van der Waals surface area contributed by atoms with Gasteiger partial charge in [-0.15, -0.1) is 0 Å². The molecule has 0 fully saturated rings. The number of rotatable bonds is 7. The molecule has 0 saturated carbocycles. The van der Waals surface area contributed by atoms with Crippen LogP contribution in [-0.4, -0.2) is 59.5 Å². The molecule has 27 heavy (non-hydrogen) atoms. The Morgan fingerprint density at radius 1 is 1.41 bits per heavy atom. The van der Waals surface area contributed by atoms with Gasteiger partial charge in [-0.25, -0.2) is 8.42 Å². The minimum atomic E-state index is -3.70. The van der Waals surface area contributed by atoms with Gasteiger partial charge >= 0.3 is 0 Å². The molecule has 1 aromatic rings. The van der Waals surface area contributed by atoms with Crippen molar-refractivity contribution >= 4 is 15.5 Å². The van der Waals surface area contributed by atoms with Gasteiger partial charge < -0.3 is 20.3 Å². The zero-order chi connectivity index (χ0) is 20.1. The third kappa shape index (κ3) is 5.06. The summed E-state index contributed by atoms with van der Waals surface area (Å²) in [4.78, 5) is 5.36. The van der Waals surface area contributed by atoms with Crippen molar-refractivity contribution < 1.29 is 28.7 Å². The highest BCUT2D eigenvalue weighted by molar-refractivity contribution is 7.92. The second kappa shape index (κ2) is 8.82. The van der Waals surface area contributed by atoms with E-state index in [9.17, 15) is 13.5 Å². The molecule has 3 atom stereocenters. The number of oxime groups is 1. The fourth-order valence-electron chi connectivity index (χ4n) is 2.73. The van der Waals surface area contributed by atoms with Crippen LogP contribution in [0.15, 0.2) is 29.4 Å². The van der Waals surface area contributed by atoms with E-state index in [0.717, 1.165) is 17.4 Å². The minimum absolute atomic E-state index is 0.0213. The van der Waals surface area contributed by atoms with Crippen molar-refractivity contribution in [3.05, 3.63) is 35.4 Å². The Labute approximate surface area is 158 Å². The van der Waals surface area contributed by atoms with Crippen molar-refractivity contribution in [2.24, 2.45) is 5.16 Å². The maximum atomic E-state index is 12.1. The van der Waals surface area contributed by atoms with Gasteiger partial charge in [0.25, 0.3) is 0 Å². The van der Waals surface area contributed by atoms with Crippen LogP contribution in [0.3, 0.4) is 0 Å². The Kier molecular flexibility index (Phi) is 6.97. The molecule has 0 bridgehead atoms. The van der Waals surface area contributed by atoms with Crippen LogP contribution in [-0.2, 0) is 14.7 Å². The number of sulfone groups is 1. The van der Waals surface area contributed by atoms with Crippen LogP contribution in [0.2, 0.25) is 0 Å². The molecule has 0 saturated heterocycles. The lowest BCUT2D eigenvalue weighted by Crippen LogP contribution is -2.54. The van der Waals surface area contributed by atoms with Crippen LogP contribution in [0.25, 0.3) is 0 Å². The molecule has 1 aliphatic rings. The average molecular weight is 396 g/mol. The summed E-state index contributed by atoms with van der Waals surface area (Å²) < 4.78 is 22.6. The number of hydrogen-bond acceptors (Lipinski definition) is 8. The van der Waals surface area contributed by atoms with Crippen molar-refractivity contribution in [1.82, 2.24) is 5.48 Å². The molecule has 1 heterocycles. The van der Waals surface area contributed by atoms with Crippen LogP contribution in [0, 0.1) is 11.8 Å². The van der Waals surface area contributed by atoms with Gasteiger partial charge in [-0.2, -0.15) is 5.48 Å². The minimum Gasteiger partial charge on any atom is -0.395 e. The second-order valence-corrected chi connectivity index (χ2v) is 9.12. The largest absolute Gasteiger partial charge is 0.395 e. The van der Waals surface area contributed by atoms with E-state index in [4.69, 9.17) is 15.2 Å². The van der Waals surface area contributed by atoms with Crippen molar-refractivity contribution in [3.8, 4) is 11.8 Å². The SMILES string of the molecule is CC(CC1CC(c2ccc(C#CCCO)cc2)=NO1)(C(O)NO)S(C)(=O)=O. The van der Waals surface area contributed by atoms with E-state index >= 15 is 0 Å². The summed E-state index contributed by atoms with van der Waals surface area (Å²) in [6.07, 6.45) is -0.459. The lowest BCUT2D eigenvalue weighted by molar-refractivity contribution is -0.0355. The molecule has 0 amide bonds. The zero-order valence-corrected chi connectivity index (χ0v) is 16.0. The number of hydrogen-bond donors (Lipinski definition) is 4. The molecule has 0 aromatic heterocycles. The van der Waals surface area contributed by atoms with Crippen LogP contribution in [0.4, 0.5) is 0 Å². The van der Waals surface area contributed by atoms with Crippen LogP contribution < -0.4 is 5.48 Å². The monoisotopic (exact) mass is 396 g/mol. The van der Waals surface area contributed by atoms with E-state index in [1.54, 1.807) is 5.48 Å². The second-order valence-electron chi connectivity index (χ2n) is 6.64. The van der Waals surface area contributed by atoms with Crippen molar-refractivity contribution in [1.29, 1.82) is 0 Å². The van der Waals surface area contributed by atoms with Crippen LogP contribution in [0.5, 0.6) is 0 Å². The van der Waals surface area contributed by atoms with Gasteiger partial charge in [0.1, 0.15) is 17.1 Å². The lowest BCUT2D eigenvalue weighted by atomic mass is 9.96. The molecule has 148 valence electrons. The number of benzene rings is 1. The Bertz CT molecular complexity index is 841. The molecule has 9 heteroatoms. The Morgan fingerprint density at radius 3 is 2.63 bits per heavy atom. The van der Waals surface area contributed by atoms with Gasteiger partial charge in [-0.1, -0.05) is 29.1 Å². The molecule has 3 unspecified atom stereocenters. The number of aliphatic hydroxyl groups excluding tert-OH is 2. The molecule has 4 N–H and O–H groups in total. The summed E-state index contributed by atoms with van der Waals surface area (Å²) in [5, 5.41) is 31.7. The first kappa shape index (κ1) is 21.3. The van der Waals surface area contributed by atoms with Crippen molar-refractivity contribution in [3.63, 3.8) is 0 Å². The zero-order valence-electron chi connectivity index (χ0n) is 15.2. The summed E-state index contributed by atoms with van der Waals surface area (Å²) >= 11 is 0. The number of aliphatic hydroxyl groups is 2. The summed E-state index contributed by atoms with van der Waals surface area (Å²) in [5.74, 6) is 5.77. The number of hydroxylamine groups is 1. The van der Waals surface area contributed by atoms with Gasteiger partial charge in [-0.05, 0) is 24.6 Å². The topological polar surface area (TPSA) is 128 Å². The number of nitrogens with one attached hydrogen (secondary N) is 1. The predicted octanol–water partition coefficient (Wildman–Crippen LogP) is 0.404. The van der Waals surface area contributed by atoms with E-state index in [1.807, 2.05) is 24.3 Å². The lowest BCUT2D eigenvalue weighted by Gasteiger charge is -2.32. The third-order valence-electron chi connectivity index (χ3n) is 4.60. The van der Waals surface area contributed by atoms with Crippen molar-refractivity contribution in [2.45, 2.75) is 43.3 Å². The van der Waals surface area contributed by atoms with Gasteiger partial charge in [0.05, 0.1) is 12.3 Å². The molecular weight excluding hydrogens is 372 g/mol. The maximum absolute atomic E-state index is 12.1. The number of nitrogens with zero attached hydrogens (tertiary/aromatic N) is 1. The molecule has 0 aliphatic carbocycles. The van der Waals surface area contributed by atoms with Gasteiger partial charge in [0.2, 0.25) is 0 Å². The fourth-order valence-corrected chi connectivity index (χ4v) is 3.68. The standard InChI is InChI=1S/C18H24N2O6S/c1-18(17(22)19-23,27(2,24)25)12-15-11-16(20-26-15)14-8-6-13(7-9-14)5-3-4-10-21/h6-9,15,17,19,21-23H,4,10-12H2,1-2H3. The molecule has 1 aromatic carbocycles. The Balaban J connectivity index is 2.07. The summed E-state index contributed by atoms with van der Waals surface area (Å²) in [5.41, 5.74) is 3.91. The van der Waals surface area contributed by atoms with Gasteiger partial charge in [-0.3, -0.25) is 0 Å². The highest BCUT2D eigenvalue weighted by Gasteiger charge is 2.46. The first-order valence-corrected chi connectivity index (χ1v) is 10.3. The molecule has 2 rings (SSSR count). The summed E-state index contributed by atoms with van der Waals surface area (Å²) in [7, 11) is -3.70. The van der Waals surface area contributed by atoms with E-state index in [1.165, 1.54) is 6.92 Å². The van der Waals surface area contributed by atoms with E-state index in [0.29, 0.717) is 18.6 Å². The smallest absolute Gasteiger partial charge is 0.156 e. The molecule has 0 radical (unpaired) electrons. The molecule has 0 spiro atoms.